The van der Waals surface area contributed by atoms with Gasteiger partial charge in [-0.1, -0.05) is 117 Å². The zero-order valence-corrected chi connectivity index (χ0v) is 29.9. The van der Waals surface area contributed by atoms with Crippen LogP contribution >= 0.6 is 0 Å². The first kappa shape index (κ1) is 40.5. The summed E-state index contributed by atoms with van der Waals surface area (Å²) < 4.78 is 22.2. The van der Waals surface area contributed by atoms with Crippen molar-refractivity contribution in [2.45, 2.75) is 130 Å². The van der Waals surface area contributed by atoms with Crippen LogP contribution in [-0.2, 0) is 18.9 Å². The zero-order chi connectivity index (χ0) is 35.0. The van der Waals surface area contributed by atoms with Gasteiger partial charge in [-0.25, -0.2) is 19.2 Å². The minimum Gasteiger partial charge on any atom is -0.462 e. The van der Waals surface area contributed by atoms with Crippen molar-refractivity contribution in [1.29, 1.82) is 0 Å². The van der Waals surface area contributed by atoms with E-state index in [4.69, 9.17) is 18.9 Å². The number of hydrogen-bond donors (Lipinski definition) is 0. The number of unbranched alkanes of at least 4 members (excludes halogenated alkanes) is 12. The Labute approximate surface area is 288 Å². The maximum Gasteiger partial charge on any atom is 0.339 e. The molecule has 48 heavy (non-hydrogen) atoms. The van der Waals surface area contributed by atoms with E-state index in [0.717, 1.165) is 103 Å². The van der Waals surface area contributed by atoms with Gasteiger partial charge in [0.1, 0.15) is 0 Å². The Balaban J connectivity index is 2.40. The fourth-order valence-corrected chi connectivity index (χ4v) is 5.23. The Hall–Kier alpha value is -3.68. The minimum atomic E-state index is -0.610. The summed E-state index contributed by atoms with van der Waals surface area (Å²) in [6.45, 7) is 9.49. The molecule has 2 rings (SSSR count). The minimum absolute atomic E-state index is 0.0946. The van der Waals surface area contributed by atoms with Crippen LogP contribution in [0, 0.1) is 0 Å². The van der Waals surface area contributed by atoms with Crippen molar-refractivity contribution in [3.63, 3.8) is 0 Å². The van der Waals surface area contributed by atoms with E-state index < -0.39 is 23.9 Å². The maximum absolute atomic E-state index is 13.3. The molecule has 2 aromatic rings. The molecule has 0 N–H and O–H groups in total. The van der Waals surface area contributed by atoms with Crippen molar-refractivity contribution in [2.24, 2.45) is 0 Å². The van der Waals surface area contributed by atoms with E-state index in [1.807, 2.05) is 0 Å². The lowest BCUT2D eigenvalue weighted by Gasteiger charge is -2.14. The van der Waals surface area contributed by atoms with Crippen LogP contribution in [0.15, 0.2) is 36.4 Å². The van der Waals surface area contributed by atoms with Crippen LogP contribution in [0.5, 0.6) is 0 Å². The predicted molar refractivity (Wildman–Crippen MR) is 190 cm³/mol. The SMILES string of the molecule is CCCCCCOC(=O)c1ccc(-c2ccc(C(=O)OCCCCCC)c(C(=O)OCCCCCC)c2)cc1C(=O)OCCCCCC. The number of rotatable bonds is 25. The van der Waals surface area contributed by atoms with E-state index in [1.54, 1.807) is 36.4 Å². The third kappa shape index (κ3) is 14.6. The van der Waals surface area contributed by atoms with Crippen LogP contribution in [0.2, 0.25) is 0 Å². The topological polar surface area (TPSA) is 105 Å². The number of esters is 4. The van der Waals surface area contributed by atoms with Crippen molar-refractivity contribution in [1.82, 2.24) is 0 Å². The molecule has 8 nitrogen and oxygen atoms in total. The molecule has 0 saturated heterocycles. The molecule has 0 radical (unpaired) electrons. The average Bonchev–Trinajstić information content (AvgIpc) is 3.10. The highest BCUT2D eigenvalue weighted by molar-refractivity contribution is 6.06. The molecular weight excluding hydrogens is 608 g/mol. The first-order chi connectivity index (χ1) is 23.4. The fourth-order valence-electron chi connectivity index (χ4n) is 5.23. The van der Waals surface area contributed by atoms with E-state index in [0.29, 0.717) is 11.1 Å². The molecule has 0 atom stereocenters. The lowest BCUT2D eigenvalue weighted by Crippen LogP contribution is -2.16. The van der Waals surface area contributed by atoms with Gasteiger partial charge in [0, 0.05) is 0 Å². The van der Waals surface area contributed by atoms with Gasteiger partial charge in [0.25, 0.3) is 0 Å². The molecule has 0 aliphatic heterocycles. The monoisotopic (exact) mass is 666 g/mol. The van der Waals surface area contributed by atoms with Gasteiger partial charge in [-0.2, -0.15) is 0 Å². The molecule has 0 heterocycles. The van der Waals surface area contributed by atoms with Crippen LogP contribution in [0.3, 0.4) is 0 Å². The molecule has 266 valence electrons. The van der Waals surface area contributed by atoms with E-state index in [9.17, 15) is 19.2 Å². The third-order valence-electron chi connectivity index (χ3n) is 8.18. The predicted octanol–water partition coefficient (Wildman–Crippen LogP) is 10.3. The van der Waals surface area contributed by atoms with E-state index in [-0.39, 0.29) is 48.7 Å². The third-order valence-corrected chi connectivity index (χ3v) is 8.18. The second-order valence-corrected chi connectivity index (χ2v) is 12.3. The Morgan fingerprint density at radius 1 is 0.375 bits per heavy atom. The highest BCUT2D eigenvalue weighted by atomic mass is 16.5. The van der Waals surface area contributed by atoms with Gasteiger partial charge in [0.15, 0.2) is 0 Å². The number of ether oxygens (including phenoxy) is 4. The van der Waals surface area contributed by atoms with Crippen LogP contribution in [0.25, 0.3) is 11.1 Å². The second kappa shape index (κ2) is 24.5. The smallest absolute Gasteiger partial charge is 0.339 e. The Morgan fingerprint density at radius 3 is 0.917 bits per heavy atom. The Morgan fingerprint density at radius 2 is 0.646 bits per heavy atom. The maximum atomic E-state index is 13.3. The van der Waals surface area contributed by atoms with Crippen molar-refractivity contribution in [2.75, 3.05) is 26.4 Å². The van der Waals surface area contributed by atoms with Gasteiger partial charge in [-0.05, 0) is 61.1 Å². The number of hydrogen-bond acceptors (Lipinski definition) is 8. The van der Waals surface area contributed by atoms with Crippen LogP contribution in [0.4, 0.5) is 0 Å². The fraction of sp³-hybridized carbons (Fsp3) is 0.600. The summed E-state index contributed by atoms with van der Waals surface area (Å²) in [6, 6.07) is 9.69. The molecule has 2 aromatic carbocycles. The second-order valence-electron chi connectivity index (χ2n) is 12.3. The summed E-state index contributed by atoms with van der Waals surface area (Å²) >= 11 is 0. The first-order valence-electron chi connectivity index (χ1n) is 18.3. The number of carbonyl (C=O) groups excluding carboxylic acids is 4. The summed E-state index contributed by atoms with van der Waals surface area (Å²) in [4.78, 5) is 52.8. The molecule has 0 amide bonds. The molecular formula is C40H58O8. The van der Waals surface area contributed by atoms with E-state index >= 15 is 0 Å². The van der Waals surface area contributed by atoms with Gasteiger partial charge < -0.3 is 18.9 Å². The molecule has 0 fully saturated rings. The van der Waals surface area contributed by atoms with Crippen LogP contribution in [-0.4, -0.2) is 50.3 Å². The van der Waals surface area contributed by atoms with Crippen molar-refractivity contribution < 1.29 is 38.1 Å². The largest absolute Gasteiger partial charge is 0.462 e. The van der Waals surface area contributed by atoms with Gasteiger partial charge in [0.05, 0.1) is 48.7 Å². The first-order valence-corrected chi connectivity index (χ1v) is 18.3. The summed E-state index contributed by atoms with van der Waals surface area (Å²) in [6.07, 6.45) is 15.3. The van der Waals surface area contributed by atoms with Crippen molar-refractivity contribution in [3.8, 4) is 11.1 Å². The van der Waals surface area contributed by atoms with Gasteiger partial charge in [-0.15, -0.1) is 0 Å². The summed E-state index contributed by atoms with van der Waals surface area (Å²) in [5.74, 6) is -2.39. The van der Waals surface area contributed by atoms with Gasteiger partial charge in [0.2, 0.25) is 0 Å². The molecule has 0 aromatic heterocycles. The van der Waals surface area contributed by atoms with Gasteiger partial charge in [-0.3, -0.25) is 0 Å². The highest BCUT2D eigenvalue weighted by Crippen LogP contribution is 2.28. The molecule has 8 heteroatoms. The normalized spacial score (nSPS) is 10.8. The summed E-state index contributed by atoms with van der Waals surface area (Å²) in [7, 11) is 0. The molecule has 0 bridgehead atoms. The number of benzene rings is 2. The van der Waals surface area contributed by atoms with Crippen molar-refractivity contribution in [3.05, 3.63) is 58.7 Å². The number of carbonyl (C=O) groups is 4. The molecule has 0 aliphatic rings. The Kier molecular flexibility index (Phi) is 20.6. The van der Waals surface area contributed by atoms with Gasteiger partial charge >= 0.3 is 23.9 Å². The summed E-state index contributed by atoms with van der Waals surface area (Å²) in [5, 5.41) is 0. The van der Waals surface area contributed by atoms with Crippen LogP contribution in [0.1, 0.15) is 172 Å². The molecule has 0 unspecified atom stereocenters. The van der Waals surface area contributed by atoms with E-state index in [1.165, 1.54) is 0 Å². The standard InChI is InChI=1S/C40H58O8/c1-5-9-13-17-25-45-37(41)33-23-21-31(29-35(33)39(43)47-27-19-15-11-7-3)32-22-24-34(38(42)46-26-18-14-10-6-2)36(30-32)40(44)48-28-20-16-12-8-4/h21-24,29-30H,5-20,25-28H2,1-4H3. The lowest BCUT2D eigenvalue weighted by molar-refractivity contribution is 0.0450. The Bertz CT molecular complexity index is 1170. The van der Waals surface area contributed by atoms with Crippen LogP contribution < -0.4 is 0 Å². The lowest BCUT2D eigenvalue weighted by atomic mass is 9.95. The molecule has 0 aliphatic carbocycles. The summed E-state index contributed by atoms with van der Waals surface area (Å²) in [5.41, 5.74) is 1.59. The quantitative estimate of drug-likeness (QED) is 0.0586. The molecule has 0 saturated carbocycles. The zero-order valence-electron chi connectivity index (χ0n) is 29.9. The average molecular weight is 667 g/mol. The van der Waals surface area contributed by atoms with Crippen molar-refractivity contribution >= 4 is 23.9 Å². The molecule has 0 spiro atoms. The highest BCUT2D eigenvalue weighted by Gasteiger charge is 2.24. The van der Waals surface area contributed by atoms with E-state index in [2.05, 4.69) is 27.7 Å².